The molecule has 1 aromatic carbocycles. The highest BCUT2D eigenvalue weighted by atomic mass is 35.5. The van der Waals surface area contributed by atoms with Gasteiger partial charge in [-0.2, -0.15) is 0 Å². The number of carbonyl (C=O) groups excluding carboxylic acids is 1. The normalized spacial score (nSPS) is 15.0. The lowest BCUT2D eigenvalue weighted by molar-refractivity contribution is -0.117. The van der Waals surface area contributed by atoms with E-state index < -0.39 is 20.8 Å². The lowest BCUT2D eigenvalue weighted by Crippen LogP contribution is -2.30. The Morgan fingerprint density at radius 2 is 2.10 bits per heavy atom. The fourth-order valence-corrected chi connectivity index (χ4v) is 3.38. The lowest BCUT2D eigenvalue weighted by atomic mass is 10.3. The van der Waals surface area contributed by atoms with Gasteiger partial charge in [0.05, 0.1) is 16.0 Å². The van der Waals surface area contributed by atoms with Gasteiger partial charge in [-0.25, -0.2) is 13.4 Å². The zero-order valence-corrected chi connectivity index (χ0v) is 12.9. The summed E-state index contributed by atoms with van der Waals surface area (Å²) in [6.45, 7) is 2.97. The largest absolute Gasteiger partial charge is 0.504 e. The molecule has 0 saturated heterocycles. The van der Waals surface area contributed by atoms with Gasteiger partial charge in [-0.05, 0) is 26.0 Å². The van der Waals surface area contributed by atoms with Crippen LogP contribution in [0.5, 0.6) is 5.75 Å². The highest BCUT2D eigenvalue weighted by Crippen LogP contribution is 2.38. The van der Waals surface area contributed by atoms with Gasteiger partial charge in [0.25, 0.3) is 0 Å². The maximum atomic E-state index is 12.2. The topological polar surface area (TPSA) is 108 Å². The molecular formula is C12H14ClN3O4S. The van der Waals surface area contributed by atoms with Crippen molar-refractivity contribution in [2.75, 3.05) is 11.9 Å². The van der Waals surface area contributed by atoms with Crippen LogP contribution in [0.4, 0.5) is 5.69 Å². The number of phenols is 1. The van der Waals surface area contributed by atoms with Crippen molar-refractivity contribution >= 4 is 39.0 Å². The minimum absolute atomic E-state index is 0.0200. The summed E-state index contributed by atoms with van der Waals surface area (Å²) in [7, 11) is -3.75. The Labute approximate surface area is 126 Å². The van der Waals surface area contributed by atoms with E-state index >= 15 is 0 Å². The fraction of sp³-hybridized carbons (Fsp3) is 0.333. The third kappa shape index (κ3) is 2.96. The van der Waals surface area contributed by atoms with Gasteiger partial charge in [0.15, 0.2) is 15.6 Å². The maximum absolute atomic E-state index is 12.2. The minimum atomic E-state index is -3.75. The molecule has 3 N–H and O–H groups in total. The molecule has 0 spiro atoms. The number of halogens is 1. The maximum Gasteiger partial charge on any atom is 0.248 e. The van der Waals surface area contributed by atoms with Crippen LogP contribution in [0, 0.1) is 0 Å². The second-order valence-corrected chi connectivity index (χ2v) is 7.55. The number of nitrogens with zero attached hydrogens (tertiary/aromatic N) is 1. The average Bonchev–Trinajstić information content (AvgIpc) is 2.78. The molecule has 7 nitrogen and oxygen atoms in total. The number of guanidine groups is 1. The van der Waals surface area contributed by atoms with E-state index in [4.69, 9.17) is 11.6 Å². The first-order valence-corrected chi connectivity index (χ1v) is 8.02. The summed E-state index contributed by atoms with van der Waals surface area (Å²) < 4.78 is 24.5. The molecule has 0 aromatic heterocycles. The fourth-order valence-electron chi connectivity index (χ4n) is 1.71. The van der Waals surface area contributed by atoms with Crippen LogP contribution in [0.1, 0.15) is 13.8 Å². The predicted molar refractivity (Wildman–Crippen MR) is 79.5 cm³/mol. The van der Waals surface area contributed by atoms with Gasteiger partial charge in [-0.3, -0.25) is 10.1 Å². The number of carbonyl (C=O) groups is 1. The van der Waals surface area contributed by atoms with Gasteiger partial charge in [0.1, 0.15) is 11.4 Å². The number of aromatic hydroxyl groups is 1. The molecular weight excluding hydrogens is 318 g/mol. The number of phenolic OH excluding ortho intramolecular Hbond substituents is 1. The first-order valence-electron chi connectivity index (χ1n) is 6.10. The molecule has 0 saturated carbocycles. The number of nitrogens with one attached hydrogen (secondary N) is 2. The Bertz CT molecular complexity index is 728. The van der Waals surface area contributed by atoms with Crippen LogP contribution in [-0.4, -0.2) is 37.2 Å². The van der Waals surface area contributed by atoms with Crippen LogP contribution in [0.3, 0.4) is 0 Å². The van der Waals surface area contributed by atoms with Crippen LogP contribution in [0.15, 0.2) is 22.0 Å². The summed E-state index contributed by atoms with van der Waals surface area (Å²) in [5, 5.41) is 14.5. The summed E-state index contributed by atoms with van der Waals surface area (Å²) in [6, 6.07) is 2.76. The molecule has 0 fully saturated rings. The molecule has 0 aliphatic carbocycles. The Kier molecular flexibility index (Phi) is 4.11. The van der Waals surface area contributed by atoms with Gasteiger partial charge in [0, 0.05) is 0 Å². The zero-order chi connectivity index (χ0) is 15.8. The van der Waals surface area contributed by atoms with E-state index in [0.29, 0.717) is 0 Å². The van der Waals surface area contributed by atoms with E-state index in [1.54, 1.807) is 0 Å². The SMILES string of the molecule is CC(C)S(=O)(=O)c1c(Cl)ccc(NC2=NCC(=O)N2)c1O. The molecule has 1 amide bonds. The van der Waals surface area contributed by atoms with Crippen molar-refractivity contribution in [3.8, 4) is 5.75 Å². The van der Waals surface area contributed by atoms with Crippen molar-refractivity contribution in [1.82, 2.24) is 5.32 Å². The Morgan fingerprint density at radius 3 is 2.62 bits per heavy atom. The van der Waals surface area contributed by atoms with Crippen LogP contribution >= 0.6 is 11.6 Å². The molecule has 1 aliphatic heterocycles. The third-order valence-corrected chi connectivity index (χ3v) is 5.53. The number of anilines is 1. The van der Waals surface area contributed by atoms with E-state index in [2.05, 4.69) is 15.6 Å². The minimum Gasteiger partial charge on any atom is -0.504 e. The van der Waals surface area contributed by atoms with E-state index in [9.17, 15) is 18.3 Å². The van der Waals surface area contributed by atoms with E-state index in [1.807, 2.05) is 0 Å². The first kappa shape index (κ1) is 15.6. The van der Waals surface area contributed by atoms with E-state index in [0.717, 1.165) is 0 Å². The van der Waals surface area contributed by atoms with Crippen molar-refractivity contribution in [2.45, 2.75) is 24.0 Å². The van der Waals surface area contributed by atoms with Crippen LogP contribution in [0.2, 0.25) is 5.02 Å². The van der Waals surface area contributed by atoms with Crippen molar-refractivity contribution < 1.29 is 18.3 Å². The number of hydrogen-bond acceptors (Lipinski definition) is 6. The average molecular weight is 332 g/mol. The number of benzene rings is 1. The lowest BCUT2D eigenvalue weighted by Gasteiger charge is -2.15. The second kappa shape index (κ2) is 5.53. The van der Waals surface area contributed by atoms with Gasteiger partial charge in [-0.15, -0.1) is 0 Å². The van der Waals surface area contributed by atoms with Crippen LogP contribution < -0.4 is 10.6 Å². The Balaban J connectivity index is 2.45. The summed E-state index contributed by atoms with van der Waals surface area (Å²) >= 11 is 5.90. The zero-order valence-electron chi connectivity index (χ0n) is 11.3. The third-order valence-electron chi connectivity index (χ3n) is 2.88. The van der Waals surface area contributed by atoms with Gasteiger partial charge < -0.3 is 10.4 Å². The van der Waals surface area contributed by atoms with Gasteiger partial charge >= 0.3 is 0 Å². The summed E-state index contributed by atoms with van der Waals surface area (Å²) in [5.41, 5.74) is 0.0968. The molecule has 2 rings (SSSR count). The smallest absolute Gasteiger partial charge is 0.248 e. The molecule has 21 heavy (non-hydrogen) atoms. The number of amides is 1. The van der Waals surface area contributed by atoms with Crippen molar-refractivity contribution in [3.05, 3.63) is 17.2 Å². The van der Waals surface area contributed by atoms with E-state index in [-0.39, 0.29) is 34.0 Å². The molecule has 1 aromatic rings. The molecule has 0 radical (unpaired) electrons. The van der Waals surface area contributed by atoms with Crippen molar-refractivity contribution in [1.29, 1.82) is 0 Å². The van der Waals surface area contributed by atoms with Crippen LogP contribution in [-0.2, 0) is 14.6 Å². The van der Waals surface area contributed by atoms with Gasteiger partial charge in [0.2, 0.25) is 11.9 Å². The monoisotopic (exact) mass is 331 g/mol. The molecule has 1 aliphatic rings. The Morgan fingerprint density at radius 1 is 1.43 bits per heavy atom. The Hall–Kier alpha value is -1.80. The second-order valence-electron chi connectivity index (χ2n) is 4.70. The molecule has 114 valence electrons. The quantitative estimate of drug-likeness (QED) is 0.719. The highest BCUT2D eigenvalue weighted by Gasteiger charge is 2.28. The number of hydrogen-bond donors (Lipinski definition) is 3. The first-order chi connectivity index (χ1) is 9.73. The summed E-state index contributed by atoms with van der Waals surface area (Å²) in [6.07, 6.45) is 0. The van der Waals surface area contributed by atoms with Crippen molar-refractivity contribution in [2.24, 2.45) is 4.99 Å². The molecule has 0 unspecified atom stereocenters. The predicted octanol–water partition coefficient (Wildman–Crippen LogP) is 1.13. The highest BCUT2D eigenvalue weighted by molar-refractivity contribution is 7.92. The number of rotatable bonds is 3. The molecule has 1 heterocycles. The molecule has 0 bridgehead atoms. The summed E-state index contributed by atoms with van der Waals surface area (Å²) in [4.78, 5) is 14.6. The number of aliphatic imine (C=N–C) groups is 1. The van der Waals surface area contributed by atoms with Gasteiger partial charge in [-0.1, -0.05) is 11.6 Å². The van der Waals surface area contributed by atoms with Crippen molar-refractivity contribution in [3.63, 3.8) is 0 Å². The number of sulfone groups is 1. The summed E-state index contributed by atoms with van der Waals surface area (Å²) in [5.74, 6) is -0.647. The van der Waals surface area contributed by atoms with E-state index in [1.165, 1.54) is 26.0 Å². The molecule has 0 atom stereocenters. The standard InChI is InChI=1S/C12H14ClN3O4S/c1-6(2)21(19,20)11-7(13)3-4-8(10(11)18)15-12-14-5-9(17)16-12/h3-4,6,18H,5H2,1-2H3,(H2,14,15,16,17). The van der Waals surface area contributed by atoms with Crippen LogP contribution in [0.25, 0.3) is 0 Å². The molecule has 9 heteroatoms.